The van der Waals surface area contributed by atoms with E-state index >= 15 is 0 Å². The van der Waals surface area contributed by atoms with Gasteiger partial charge in [-0.25, -0.2) is 0 Å². The van der Waals surface area contributed by atoms with E-state index in [9.17, 15) is 0 Å². The number of hydrogen-bond donors (Lipinski definition) is 1. The average Bonchev–Trinajstić information content (AvgIpc) is 2.33. The van der Waals surface area contributed by atoms with Crippen molar-refractivity contribution in [3.05, 3.63) is 42.0 Å². The van der Waals surface area contributed by atoms with E-state index in [4.69, 9.17) is 5.73 Å². The SMILES string of the molecule is CCCCC#CC(N)C=Cc1ccccc1. The van der Waals surface area contributed by atoms with Gasteiger partial charge in [-0.3, -0.25) is 0 Å². The summed E-state index contributed by atoms with van der Waals surface area (Å²) in [7, 11) is 0. The van der Waals surface area contributed by atoms with Crippen molar-refractivity contribution < 1.29 is 0 Å². The Bertz CT molecular complexity index is 367. The lowest BCUT2D eigenvalue weighted by atomic mass is 10.1. The Morgan fingerprint density at radius 1 is 1.31 bits per heavy atom. The minimum absolute atomic E-state index is 0.155. The summed E-state index contributed by atoms with van der Waals surface area (Å²) in [5.41, 5.74) is 7.00. The maximum atomic E-state index is 5.84. The van der Waals surface area contributed by atoms with Crippen LogP contribution < -0.4 is 5.73 Å². The van der Waals surface area contributed by atoms with Crippen molar-refractivity contribution in [2.24, 2.45) is 5.73 Å². The second kappa shape index (κ2) is 7.73. The highest BCUT2D eigenvalue weighted by Gasteiger charge is 1.89. The average molecular weight is 213 g/mol. The van der Waals surface area contributed by atoms with Gasteiger partial charge < -0.3 is 5.73 Å². The van der Waals surface area contributed by atoms with Gasteiger partial charge in [-0.15, -0.1) is 5.92 Å². The minimum Gasteiger partial charge on any atom is -0.314 e. The highest BCUT2D eigenvalue weighted by molar-refractivity contribution is 5.50. The summed E-state index contributed by atoms with van der Waals surface area (Å²) < 4.78 is 0. The molecule has 84 valence electrons. The van der Waals surface area contributed by atoms with Crippen molar-refractivity contribution in [3.8, 4) is 11.8 Å². The second-order valence-corrected chi connectivity index (χ2v) is 3.72. The molecule has 0 amide bonds. The van der Waals surface area contributed by atoms with Gasteiger partial charge in [0.1, 0.15) is 0 Å². The molecule has 1 heteroatoms. The summed E-state index contributed by atoms with van der Waals surface area (Å²) in [6, 6.07) is 9.97. The molecule has 0 spiro atoms. The highest BCUT2D eigenvalue weighted by atomic mass is 14.6. The third-order valence-electron chi connectivity index (χ3n) is 2.22. The molecule has 1 atom stereocenters. The Morgan fingerprint density at radius 3 is 2.75 bits per heavy atom. The van der Waals surface area contributed by atoms with Crippen LogP contribution in [0.2, 0.25) is 0 Å². The Kier molecular flexibility index (Phi) is 6.06. The number of benzene rings is 1. The van der Waals surface area contributed by atoms with Gasteiger partial charge in [0.25, 0.3) is 0 Å². The van der Waals surface area contributed by atoms with Crippen molar-refractivity contribution in [2.75, 3.05) is 0 Å². The standard InChI is InChI=1S/C15H19N/c1-2-3-4-8-11-15(16)13-12-14-9-6-5-7-10-14/h5-7,9-10,12-13,15H,2-4,16H2,1H3. The lowest BCUT2D eigenvalue weighted by Crippen LogP contribution is -2.13. The predicted molar refractivity (Wildman–Crippen MR) is 70.8 cm³/mol. The molecule has 1 rings (SSSR count). The van der Waals surface area contributed by atoms with Gasteiger partial charge in [0.2, 0.25) is 0 Å². The van der Waals surface area contributed by atoms with E-state index in [1.165, 1.54) is 6.42 Å². The molecule has 0 aliphatic rings. The lowest BCUT2D eigenvalue weighted by molar-refractivity contribution is 0.827. The monoisotopic (exact) mass is 213 g/mol. The molecule has 1 nitrogen and oxygen atoms in total. The molecule has 1 aromatic carbocycles. The third-order valence-corrected chi connectivity index (χ3v) is 2.22. The van der Waals surface area contributed by atoms with Crippen LogP contribution in [-0.2, 0) is 0 Å². The number of unbranched alkanes of at least 4 members (excludes halogenated alkanes) is 2. The molecule has 0 aliphatic heterocycles. The predicted octanol–water partition coefficient (Wildman–Crippen LogP) is 3.22. The highest BCUT2D eigenvalue weighted by Crippen LogP contribution is 2.01. The van der Waals surface area contributed by atoms with Crippen molar-refractivity contribution in [2.45, 2.75) is 32.2 Å². The van der Waals surface area contributed by atoms with E-state index in [-0.39, 0.29) is 6.04 Å². The van der Waals surface area contributed by atoms with E-state index in [2.05, 4.69) is 18.8 Å². The lowest BCUT2D eigenvalue weighted by Gasteiger charge is -1.95. The van der Waals surface area contributed by atoms with Gasteiger partial charge in [0.15, 0.2) is 0 Å². The van der Waals surface area contributed by atoms with Crippen LogP contribution in [-0.4, -0.2) is 6.04 Å². The smallest absolute Gasteiger partial charge is 0.0854 e. The summed E-state index contributed by atoms with van der Waals surface area (Å²) in [5.74, 6) is 6.12. The third kappa shape index (κ3) is 5.38. The van der Waals surface area contributed by atoms with Gasteiger partial charge in [0, 0.05) is 6.42 Å². The molecule has 0 aliphatic carbocycles. The maximum absolute atomic E-state index is 5.84. The van der Waals surface area contributed by atoms with Crippen molar-refractivity contribution in [1.82, 2.24) is 0 Å². The molecule has 2 N–H and O–H groups in total. The molecule has 16 heavy (non-hydrogen) atoms. The molecule has 1 unspecified atom stereocenters. The van der Waals surface area contributed by atoms with E-state index in [0.717, 1.165) is 18.4 Å². The summed E-state index contributed by atoms with van der Waals surface area (Å²) in [6.45, 7) is 2.16. The van der Waals surface area contributed by atoms with Crippen LogP contribution in [0.5, 0.6) is 0 Å². The van der Waals surface area contributed by atoms with Crippen molar-refractivity contribution in [3.63, 3.8) is 0 Å². The zero-order valence-corrected chi connectivity index (χ0v) is 9.82. The van der Waals surface area contributed by atoms with Gasteiger partial charge in [-0.2, -0.15) is 0 Å². The van der Waals surface area contributed by atoms with Gasteiger partial charge in [-0.1, -0.05) is 61.7 Å². The topological polar surface area (TPSA) is 26.0 Å². The Hall–Kier alpha value is -1.52. The van der Waals surface area contributed by atoms with Crippen LogP contribution in [0.15, 0.2) is 36.4 Å². The molecule has 0 fully saturated rings. The van der Waals surface area contributed by atoms with Crippen LogP contribution in [0.1, 0.15) is 31.7 Å². The maximum Gasteiger partial charge on any atom is 0.0854 e. The molecular formula is C15H19N. The fourth-order valence-electron chi connectivity index (χ4n) is 1.28. The Balaban J connectivity index is 2.41. The zero-order valence-electron chi connectivity index (χ0n) is 9.82. The fraction of sp³-hybridized carbons (Fsp3) is 0.333. The molecule has 0 radical (unpaired) electrons. The zero-order chi connectivity index (χ0) is 11.6. The molecular weight excluding hydrogens is 194 g/mol. The van der Waals surface area contributed by atoms with Gasteiger partial charge >= 0.3 is 0 Å². The molecule has 0 aromatic heterocycles. The first-order valence-corrected chi connectivity index (χ1v) is 5.80. The molecule has 0 saturated heterocycles. The Morgan fingerprint density at radius 2 is 2.06 bits per heavy atom. The summed E-state index contributed by atoms with van der Waals surface area (Å²) in [5, 5.41) is 0. The van der Waals surface area contributed by atoms with Crippen molar-refractivity contribution >= 4 is 6.08 Å². The van der Waals surface area contributed by atoms with Gasteiger partial charge in [0.05, 0.1) is 6.04 Å². The summed E-state index contributed by atoms with van der Waals surface area (Å²) in [4.78, 5) is 0. The first-order valence-electron chi connectivity index (χ1n) is 5.80. The van der Waals surface area contributed by atoms with E-state index in [1.807, 2.05) is 42.5 Å². The van der Waals surface area contributed by atoms with Gasteiger partial charge in [-0.05, 0) is 12.0 Å². The quantitative estimate of drug-likeness (QED) is 0.603. The first kappa shape index (κ1) is 12.5. The van der Waals surface area contributed by atoms with Crippen molar-refractivity contribution in [1.29, 1.82) is 0 Å². The minimum atomic E-state index is -0.155. The van der Waals surface area contributed by atoms with E-state index in [1.54, 1.807) is 0 Å². The summed E-state index contributed by atoms with van der Waals surface area (Å²) >= 11 is 0. The largest absolute Gasteiger partial charge is 0.314 e. The van der Waals surface area contributed by atoms with E-state index < -0.39 is 0 Å². The number of nitrogens with two attached hydrogens (primary N) is 1. The van der Waals surface area contributed by atoms with Crippen LogP contribution in [0.4, 0.5) is 0 Å². The Labute approximate surface area is 98.4 Å². The number of rotatable bonds is 4. The van der Waals surface area contributed by atoms with Crippen LogP contribution in [0.3, 0.4) is 0 Å². The first-order chi connectivity index (χ1) is 7.83. The van der Waals surface area contributed by atoms with Crippen LogP contribution >= 0.6 is 0 Å². The molecule has 0 bridgehead atoms. The number of hydrogen-bond acceptors (Lipinski definition) is 1. The molecule has 0 saturated carbocycles. The van der Waals surface area contributed by atoms with Crippen LogP contribution in [0.25, 0.3) is 6.08 Å². The second-order valence-electron chi connectivity index (χ2n) is 3.72. The van der Waals surface area contributed by atoms with Crippen LogP contribution in [0, 0.1) is 11.8 Å². The van der Waals surface area contributed by atoms with E-state index in [0.29, 0.717) is 0 Å². The summed E-state index contributed by atoms with van der Waals surface area (Å²) in [6.07, 6.45) is 7.24. The molecule has 1 aromatic rings. The molecule has 0 heterocycles. The fourth-order valence-corrected chi connectivity index (χ4v) is 1.28. The normalized spacial score (nSPS) is 12.1.